The van der Waals surface area contributed by atoms with E-state index in [2.05, 4.69) is 12.1 Å². The minimum absolute atomic E-state index is 0.102. The maximum atomic E-state index is 14.7. The van der Waals surface area contributed by atoms with Gasteiger partial charge in [0.2, 0.25) is 0 Å². The predicted molar refractivity (Wildman–Crippen MR) is 196 cm³/mol. The number of ether oxygens (including phenoxy) is 2. The molecule has 2 heterocycles. The molecule has 1 fully saturated rings. The van der Waals surface area contributed by atoms with E-state index in [4.69, 9.17) is 19.0 Å². The van der Waals surface area contributed by atoms with Crippen LogP contribution in [0.1, 0.15) is 116 Å². The molecule has 1 aromatic heterocycles. The van der Waals surface area contributed by atoms with E-state index in [1.807, 2.05) is 76.8 Å². The molecule has 2 aliphatic rings. The van der Waals surface area contributed by atoms with Crippen molar-refractivity contribution >= 4 is 27.6 Å². The molecule has 1 aliphatic heterocycles. The first-order valence-corrected chi connectivity index (χ1v) is 19.3. The Labute approximate surface area is 298 Å². The molecule has 5 rings (SSSR count). The van der Waals surface area contributed by atoms with E-state index < -0.39 is 26.8 Å². The van der Waals surface area contributed by atoms with E-state index in [1.165, 1.54) is 4.31 Å². The molecule has 2 aromatic carbocycles. The molecule has 1 amide bonds. The summed E-state index contributed by atoms with van der Waals surface area (Å²) in [6.07, 6.45) is 6.41. The SMILES string of the molecule is CCCCC1=NC2(CCCC2)C(=O)N1Cc1ccc(-c2ccccc2S(=O)(=O)N(COC(C)(C)C)c2noc(C)c2C)c(COC(C)(C)C)c1. The maximum Gasteiger partial charge on any atom is 0.268 e. The molecular formula is C39H54N4O6S. The number of hydrogen-bond donors (Lipinski definition) is 0. The Hall–Kier alpha value is -3.54. The summed E-state index contributed by atoms with van der Waals surface area (Å²) in [5, 5.41) is 4.13. The average Bonchev–Trinajstić information content (AvgIpc) is 3.73. The fraction of sp³-hybridized carbons (Fsp3) is 0.564. The number of sulfonamides is 1. The van der Waals surface area contributed by atoms with Crippen LogP contribution < -0.4 is 4.31 Å². The lowest BCUT2D eigenvalue weighted by molar-refractivity contribution is -0.131. The van der Waals surface area contributed by atoms with Gasteiger partial charge in [-0.2, -0.15) is 0 Å². The number of anilines is 1. The van der Waals surface area contributed by atoms with E-state index in [0.717, 1.165) is 67.5 Å². The first-order valence-electron chi connectivity index (χ1n) is 17.8. The highest BCUT2D eigenvalue weighted by Gasteiger charge is 2.49. The van der Waals surface area contributed by atoms with Gasteiger partial charge in [0.05, 0.1) is 29.2 Å². The summed E-state index contributed by atoms with van der Waals surface area (Å²) in [7, 11) is -4.21. The molecule has 0 unspecified atom stereocenters. The molecule has 0 saturated heterocycles. The molecule has 0 radical (unpaired) electrons. The number of benzene rings is 2. The monoisotopic (exact) mass is 706 g/mol. The smallest absolute Gasteiger partial charge is 0.268 e. The lowest BCUT2D eigenvalue weighted by Gasteiger charge is -2.28. The topological polar surface area (TPSA) is 115 Å². The molecule has 0 N–H and O–H groups in total. The van der Waals surface area contributed by atoms with Crippen molar-refractivity contribution in [3.05, 3.63) is 64.9 Å². The zero-order chi connectivity index (χ0) is 36.5. The van der Waals surface area contributed by atoms with Gasteiger partial charge in [0.25, 0.3) is 15.9 Å². The van der Waals surface area contributed by atoms with Gasteiger partial charge in [0.15, 0.2) is 5.82 Å². The quantitative estimate of drug-likeness (QED) is 0.164. The molecular weight excluding hydrogens is 653 g/mol. The minimum Gasteiger partial charge on any atom is -0.371 e. The normalized spacial score (nSPS) is 16.5. The molecule has 3 aromatic rings. The Morgan fingerprint density at radius 3 is 2.26 bits per heavy atom. The van der Waals surface area contributed by atoms with Crippen LogP contribution in [-0.2, 0) is 37.4 Å². The zero-order valence-electron chi connectivity index (χ0n) is 31.3. The Bertz CT molecular complexity index is 1830. The summed E-state index contributed by atoms with van der Waals surface area (Å²) < 4.78 is 48.3. The summed E-state index contributed by atoms with van der Waals surface area (Å²) >= 11 is 0. The van der Waals surface area contributed by atoms with Gasteiger partial charge in [-0.05, 0) is 97.4 Å². The summed E-state index contributed by atoms with van der Waals surface area (Å²) in [4.78, 5) is 21.0. The molecule has 50 heavy (non-hydrogen) atoms. The summed E-state index contributed by atoms with van der Waals surface area (Å²) in [6, 6.07) is 12.9. The van der Waals surface area contributed by atoms with Crippen molar-refractivity contribution in [3.8, 4) is 11.1 Å². The number of rotatable bonds is 13. The van der Waals surface area contributed by atoms with Crippen LogP contribution >= 0.6 is 0 Å². The van der Waals surface area contributed by atoms with Crippen molar-refractivity contribution in [2.24, 2.45) is 4.99 Å². The van der Waals surface area contributed by atoms with Crippen LogP contribution in [0.15, 0.2) is 56.9 Å². The number of carbonyl (C=O) groups is 1. The fourth-order valence-corrected chi connectivity index (χ4v) is 8.00. The molecule has 1 saturated carbocycles. The van der Waals surface area contributed by atoms with Crippen molar-refractivity contribution < 1.29 is 27.2 Å². The van der Waals surface area contributed by atoms with Crippen molar-refractivity contribution in [1.29, 1.82) is 0 Å². The van der Waals surface area contributed by atoms with Gasteiger partial charge in [-0.3, -0.25) is 14.7 Å². The molecule has 1 spiro atoms. The van der Waals surface area contributed by atoms with Crippen molar-refractivity contribution in [2.75, 3.05) is 11.0 Å². The Kier molecular flexibility index (Phi) is 11.0. The first kappa shape index (κ1) is 37.7. The minimum atomic E-state index is -4.21. The summed E-state index contributed by atoms with van der Waals surface area (Å²) in [5.41, 5.74) is 1.95. The molecule has 0 bridgehead atoms. The van der Waals surface area contributed by atoms with Crippen molar-refractivity contribution in [1.82, 2.24) is 10.1 Å². The fourth-order valence-electron chi connectivity index (χ4n) is 6.47. The van der Waals surface area contributed by atoms with E-state index in [9.17, 15) is 13.2 Å². The van der Waals surface area contributed by atoms with Crippen molar-refractivity contribution in [3.63, 3.8) is 0 Å². The van der Waals surface area contributed by atoms with Crippen LogP contribution in [0, 0.1) is 13.8 Å². The van der Waals surface area contributed by atoms with Crippen LogP contribution in [0.3, 0.4) is 0 Å². The highest BCUT2D eigenvalue weighted by atomic mass is 32.2. The van der Waals surface area contributed by atoms with Gasteiger partial charge in [-0.1, -0.05) is 67.7 Å². The third-order valence-corrected chi connectivity index (χ3v) is 11.2. The van der Waals surface area contributed by atoms with Crippen molar-refractivity contribution in [2.45, 2.75) is 142 Å². The number of amides is 1. The first-order chi connectivity index (χ1) is 23.5. The molecule has 10 nitrogen and oxygen atoms in total. The summed E-state index contributed by atoms with van der Waals surface area (Å²) in [6.45, 7) is 17.7. The number of amidine groups is 1. The van der Waals surface area contributed by atoms with Gasteiger partial charge in [0.1, 0.15) is 23.9 Å². The third-order valence-electron chi connectivity index (χ3n) is 9.38. The van der Waals surface area contributed by atoms with E-state index in [1.54, 1.807) is 26.0 Å². The third kappa shape index (κ3) is 8.16. The van der Waals surface area contributed by atoms with Gasteiger partial charge >= 0.3 is 0 Å². The molecule has 1 aliphatic carbocycles. The average molecular weight is 707 g/mol. The second-order valence-corrected chi connectivity index (χ2v) is 17.4. The zero-order valence-corrected chi connectivity index (χ0v) is 32.1. The second-order valence-electron chi connectivity index (χ2n) is 15.6. The lowest BCUT2D eigenvalue weighted by Crippen LogP contribution is -2.40. The van der Waals surface area contributed by atoms with E-state index in [-0.39, 0.29) is 30.0 Å². The predicted octanol–water partition coefficient (Wildman–Crippen LogP) is 8.49. The van der Waals surface area contributed by atoms with Gasteiger partial charge in [-0.25, -0.2) is 12.7 Å². The number of aryl methyl sites for hydroxylation is 1. The second kappa shape index (κ2) is 14.6. The summed E-state index contributed by atoms with van der Waals surface area (Å²) in [5.74, 6) is 1.69. The van der Waals surface area contributed by atoms with Crippen LogP contribution in [0.2, 0.25) is 0 Å². The standard InChI is InChI=1S/C39H54N4O6S/c1-10-11-18-34-40-39(21-14-15-22-39)36(44)42(34)24-29-19-20-31(30(23-29)25-47-37(4,5)6)32-16-12-13-17-33(32)50(45,46)43(26-48-38(7,8)9)35-27(2)28(3)49-41-35/h12-13,16-17,19-20,23H,10-11,14-15,18,21-22,24-26H2,1-9H3. The van der Waals surface area contributed by atoms with Crippen LogP contribution in [0.25, 0.3) is 11.1 Å². The molecule has 11 heteroatoms. The van der Waals surface area contributed by atoms with Crippen LogP contribution in [0.4, 0.5) is 5.82 Å². The number of aliphatic imine (C=N–C) groups is 1. The number of nitrogens with zero attached hydrogens (tertiary/aromatic N) is 4. The highest BCUT2D eigenvalue weighted by molar-refractivity contribution is 7.93. The van der Waals surface area contributed by atoms with E-state index >= 15 is 0 Å². The van der Waals surface area contributed by atoms with Crippen LogP contribution in [-0.4, -0.2) is 53.7 Å². The molecule has 272 valence electrons. The van der Waals surface area contributed by atoms with Gasteiger partial charge in [0, 0.05) is 17.5 Å². The van der Waals surface area contributed by atoms with E-state index in [0.29, 0.717) is 23.4 Å². The van der Waals surface area contributed by atoms with Crippen LogP contribution in [0.5, 0.6) is 0 Å². The lowest BCUT2D eigenvalue weighted by atomic mass is 9.96. The molecule has 0 atom stereocenters. The highest BCUT2D eigenvalue weighted by Crippen LogP contribution is 2.41. The Morgan fingerprint density at radius 2 is 1.64 bits per heavy atom. The largest absolute Gasteiger partial charge is 0.371 e. The number of carbonyl (C=O) groups excluding carboxylic acids is 1. The van der Waals surface area contributed by atoms with Gasteiger partial charge in [-0.15, -0.1) is 0 Å². The van der Waals surface area contributed by atoms with Gasteiger partial charge < -0.3 is 14.0 Å². The number of hydrogen-bond acceptors (Lipinski definition) is 8. The number of unbranched alkanes of at least 4 members (excludes halogenated alkanes) is 1. The Balaban J connectivity index is 1.57. The maximum absolute atomic E-state index is 14.7. The Morgan fingerprint density at radius 1 is 0.960 bits per heavy atom. The number of aromatic nitrogens is 1.